The van der Waals surface area contributed by atoms with Crippen LogP contribution in [0.4, 0.5) is 0 Å². The van der Waals surface area contributed by atoms with Crippen LogP contribution in [0, 0.1) is 13.8 Å². The molecule has 0 fully saturated rings. The van der Waals surface area contributed by atoms with Crippen molar-refractivity contribution >= 4 is 0 Å². The highest BCUT2D eigenvalue weighted by Gasteiger charge is 2.04. The summed E-state index contributed by atoms with van der Waals surface area (Å²) >= 11 is 0. The smallest absolute Gasteiger partial charge is 0.171 e. The molecule has 0 aliphatic carbocycles. The number of aryl methyl sites for hydroxylation is 6. The van der Waals surface area contributed by atoms with E-state index in [4.69, 9.17) is 0 Å². The average molecular weight is 510 g/mol. The van der Waals surface area contributed by atoms with Gasteiger partial charge in [-0.2, -0.15) is 0 Å². The third-order valence-electron chi connectivity index (χ3n) is 3.31. The van der Waals surface area contributed by atoms with E-state index in [0.717, 1.165) is 12.8 Å². The normalized spacial score (nSPS) is 9.71. The lowest BCUT2D eigenvalue weighted by atomic mass is 10.0. The van der Waals surface area contributed by atoms with E-state index in [0.29, 0.717) is 0 Å². The van der Waals surface area contributed by atoms with Crippen molar-refractivity contribution in [2.75, 3.05) is 0 Å². The lowest BCUT2D eigenvalue weighted by Crippen LogP contribution is -3.00. The first-order valence-electron chi connectivity index (χ1n) is 6.94. The summed E-state index contributed by atoms with van der Waals surface area (Å²) in [7, 11) is 4.19. The molecule has 2 aromatic heterocycles. The maximum absolute atomic E-state index is 2.29. The van der Waals surface area contributed by atoms with Crippen LogP contribution in [-0.4, -0.2) is 0 Å². The van der Waals surface area contributed by atoms with Crippen LogP contribution in [0.3, 0.4) is 0 Å². The Morgan fingerprint density at radius 3 is 1.43 bits per heavy atom. The standard InChI is InChI=1S/C17H24N2.2HI/c1-14-8-16(12-18(3)10-14)6-5-7-17-9-15(2)11-19(4)13-17;;/h8-13H,5-7H2,1-4H3;2*1H/q+2;;/p-2. The van der Waals surface area contributed by atoms with Gasteiger partial charge < -0.3 is 48.0 Å². The molecule has 0 aliphatic rings. The summed E-state index contributed by atoms with van der Waals surface area (Å²) in [5.74, 6) is 0. The van der Waals surface area contributed by atoms with Gasteiger partial charge in [0.2, 0.25) is 0 Å². The summed E-state index contributed by atoms with van der Waals surface area (Å²) in [5.41, 5.74) is 5.53. The summed E-state index contributed by atoms with van der Waals surface area (Å²) in [6, 6.07) is 4.58. The van der Waals surface area contributed by atoms with Crippen molar-refractivity contribution in [1.29, 1.82) is 0 Å². The Labute approximate surface area is 162 Å². The molecule has 2 aromatic rings. The van der Waals surface area contributed by atoms with Crippen molar-refractivity contribution in [3.05, 3.63) is 59.2 Å². The highest BCUT2D eigenvalue weighted by atomic mass is 127. The Balaban J connectivity index is 0.00000200. The van der Waals surface area contributed by atoms with Crippen LogP contribution in [0.15, 0.2) is 36.9 Å². The van der Waals surface area contributed by atoms with Gasteiger partial charge in [-0.1, -0.05) is 0 Å². The number of hydrogen-bond donors (Lipinski definition) is 0. The Morgan fingerprint density at radius 2 is 1.10 bits per heavy atom. The number of aromatic nitrogens is 2. The molecule has 4 heteroatoms. The van der Waals surface area contributed by atoms with E-state index in [1.807, 2.05) is 0 Å². The predicted molar refractivity (Wildman–Crippen MR) is 76.7 cm³/mol. The van der Waals surface area contributed by atoms with Gasteiger partial charge in [-0.05, 0) is 45.2 Å². The van der Waals surface area contributed by atoms with Gasteiger partial charge in [0, 0.05) is 22.3 Å². The monoisotopic (exact) mass is 510 g/mol. The van der Waals surface area contributed by atoms with Crippen molar-refractivity contribution in [3.8, 4) is 0 Å². The summed E-state index contributed by atoms with van der Waals surface area (Å²) in [6.07, 6.45) is 12.3. The van der Waals surface area contributed by atoms with Crippen molar-refractivity contribution < 1.29 is 57.1 Å². The summed E-state index contributed by atoms with van der Waals surface area (Å²) in [6.45, 7) is 4.31. The molecule has 0 bridgehead atoms. The molecule has 0 spiro atoms. The number of nitrogens with zero attached hydrogens (tertiary/aromatic N) is 2. The second-order valence-corrected chi connectivity index (χ2v) is 5.63. The molecule has 0 aromatic carbocycles. The molecule has 0 amide bonds. The molecule has 116 valence electrons. The maximum atomic E-state index is 2.29. The fraction of sp³-hybridized carbons (Fsp3) is 0.412. The van der Waals surface area contributed by atoms with E-state index in [-0.39, 0.29) is 48.0 Å². The molecule has 2 heterocycles. The molecule has 0 saturated heterocycles. The zero-order valence-electron chi connectivity index (χ0n) is 13.2. The van der Waals surface area contributed by atoms with E-state index in [1.54, 1.807) is 0 Å². The topological polar surface area (TPSA) is 7.76 Å². The minimum absolute atomic E-state index is 0. The minimum Gasteiger partial charge on any atom is -1.00 e. The van der Waals surface area contributed by atoms with Crippen LogP contribution in [-0.2, 0) is 26.9 Å². The largest absolute Gasteiger partial charge is 1.00 e. The van der Waals surface area contributed by atoms with E-state index in [1.165, 1.54) is 28.7 Å². The molecule has 0 atom stereocenters. The second kappa shape index (κ2) is 9.71. The molecular formula is C17H24I2N2. The van der Waals surface area contributed by atoms with Crippen LogP contribution in [0.25, 0.3) is 0 Å². The fourth-order valence-corrected chi connectivity index (χ4v) is 2.74. The van der Waals surface area contributed by atoms with Gasteiger partial charge in [-0.15, -0.1) is 0 Å². The lowest BCUT2D eigenvalue weighted by molar-refractivity contribution is -0.672. The van der Waals surface area contributed by atoms with Crippen LogP contribution < -0.4 is 57.1 Å². The van der Waals surface area contributed by atoms with Crippen LogP contribution in [0.2, 0.25) is 0 Å². The van der Waals surface area contributed by atoms with Gasteiger partial charge in [0.05, 0.1) is 0 Å². The van der Waals surface area contributed by atoms with Gasteiger partial charge in [0.1, 0.15) is 14.1 Å². The van der Waals surface area contributed by atoms with Gasteiger partial charge in [-0.3, -0.25) is 0 Å². The third kappa shape index (κ3) is 7.04. The maximum Gasteiger partial charge on any atom is 0.171 e. The molecule has 0 radical (unpaired) electrons. The summed E-state index contributed by atoms with van der Waals surface area (Å²) in [4.78, 5) is 0. The number of halogens is 2. The Kier molecular flexibility index (Phi) is 9.60. The second-order valence-electron chi connectivity index (χ2n) is 5.63. The molecular weight excluding hydrogens is 486 g/mol. The molecule has 0 unspecified atom stereocenters. The molecule has 0 aliphatic heterocycles. The first-order chi connectivity index (χ1) is 9.02. The fourth-order valence-electron chi connectivity index (χ4n) is 2.74. The highest BCUT2D eigenvalue weighted by molar-refractivity contribution is 5.16. The van der Waals surface area contributed by atoms with Crippen LogP contribution >= 0.6 is 0 Å². The van der Waals surface area contributed by atoms with Crippen molar-refractivity contribution in [3.63, 3.8) is 0 Å². The molecule has 0 N–H and O–H groups in total. The van der Waals surface area contributed by atoms with Crippen molar-refractivity contribution in [2.24, 2.45) is 14.1 Å². The SMILES string of the molecule is Cc1cc(CCCc2cc(C)c[n+](C)c2)c[n+](C)c1.[I-].[I-]. The van der Waals surface area contributed by atoms with Crippen molar-refractivity contribution in [2.45, 2.75) is 33.1 Å². The Morgan fingerprint density at radius 1 is 0.714 bits per heavy atom. The molecule has 0 saturated carbocycles. The first-order valence-corrected chi connectivity index (χ1v) is 6.94. The third-order valence-corrected chi connectivity index (χ3v) is 3.31. The Hall–Kier alpha value is -0.240. The van der Waals surface area contributed by atoms with Gasteiger partial charge in [0.25, 0.3) is 0 Å². The number of rotatable bonds is 4. The van der Waals surface area contributed by atoms with Gasteiger partial charge in [-0.25, -0.2) is 9.13 Å². The first kappa shape index (κ1) is 20.8. The number of pyridine rings is 2. The molecule has 2 rings (SSSR count). The van der Waals surface area contributed by atoms with Crippen LogP contribution in [0.5, 0.6) is 0 Å². The summed E-state index contributed by atoms with van der Waals surface area (Å²) in [5, 5.41) is 0. The van der Waals surface area contributed by atoms with E-state index < -0.39 is 0 Å². The lowest BCUT2D eigenvalue weighted by Gasteiger charge is -2.02. The zero-order chi connectivity index (χ0) is 13.8. The molecule has 21 heavy (non-hydrogen) atoms. The predicted octanol–water partition coefficient (Wildman–Crippen LogP) is -3.86. The van der Waals surface area contributed by atoms with Crippen LogP contribution in [0.1, 0.15) is 28.7 Å². The molecule has 2 nitrogen and oxygen atoms in total. The minimum atomic E-state index is 0. The van der Waals surface area contributed by atoms with E-state index >= 15 is 0 Å². The zero-order valence-corrected chi connectivity index (χ0v) is 17.6. The van der Waals surface area contributed by atoms with E-state index in [9.17, 15) is 0 Å². The Bertz CT molecular complexity index is 491. The van der Waals surface area contributed by atoms with E-state index in [2.05, 4.69) is 74.0 Å². The quantitative estimate of drug-likeness (QED) is 0.294. The van der Waals surface area contributed by atoms with Gasteiger partial charge in [0.15, 0.2) is 24.8 Å². The average Bonchev–Trinajstić information content (AvgIpc) is 2.26. The van der Waals surface area contributed by atoms with Gasteiger partial charge >= 0.3 is 0 Å². The van der Waals surface area contributed by atoms with Crippen molar-refractivity contribution in [1.82, 2.24) is 0 Å². The summed E-state index contributed by atoms with van der Waals surface area (Å²) < 4.78 is 4.30. The highest BCUT2D eigenvalue weighted by Crippen LogP contribution is 2.08. The number of hydrogen-bond acceptors (Lipinski definition) is 0.